The van der Waals surface area contributed by atoms with Gasteiger partial charge in [-0.2, -0.15) is 0 Å². The highest BCUT2D eigenvalue weighted by Gasteiger charge is 2.33. The van der Waals surface area contributed by atoms with Gasteiger partial charge in [0, 0.05) is 11.4 Å². The molecule has 0 aliphatic carbocycles. The fraction of sp³-hybridized carbons (Fsp3) is 0.429. The van der Waals surface area contributed by atoms with E-state index in [2.05, 4.69) is 10.3 Å². The molecule has 0 radical (unpaired) electrons. The summed E-state index contributed by atoms with van der Waals surface area (Å²) in [6.45, 7) is 1.01. The van der Waals surface area contributed by atoms with Crippen LogP contribution in [0.1, 0.15) is 34.6 Å². The van der Waals surface area contributed by atoms with Crippen molar-refractivity contribution in [2.24, 2.45) is 0 Å². The number of likely N-dealkylation sites (tertiary alicyclic amines) is 1. The number of aliphatic carboxylic acids is 1. The molecule has 7 nitrogen and oxygen atoms in total. The third kappa shape index (κ3) is 3.01. The van der Waals surface area contributed by atoms with Gasteiger partial charge in [0.15, 0.2) is 5.69 Å². The minimum atomic E-state index is -0.959. The zero-order valence-corrected chi connectivity index (χ0v) is 12.7. The minimum absolute atomic E-state index is 0.199. The maximum Gasteiger partial charge on any atom is 0.326 e. The van der Waals surface area contributed by atoms with E-state index in [-0.39, 0.29) is 11.6 Å². The Labute approximate surface area is 131 Å². The lowest BCUT2D eigenvalue weighted by atomic mass is 10.0. The second kappa shape index (κ2) is 6.27. The molecular weight excluding hydrogens is 304 g/mol. The largest absolute Gasteiger partial charge is 0.480 e. The van der Waals surface area contributed by atoms with Crippen LogP contribution in [0.3, 0.4) is 0 Å². The van der Waals surface area contributed by atoms with Crippen molar-refractivity contribution in [3.05, 3.63) is 34.3 Å². The van der Waals surface area contributed by atoms with Crippen LogP contribution >= 0.6 is 11.3 Å². The Kier molecular flexibility index (Phi) is 4.19. The van der Waals surface area contributed by atoms with Gasteiger partial charge in [-0.3, -0.25) is 4.79 Å². The molecule has 2 aromatic heterocycles. The van der Waals surface area contributed by atoms with Crippen LogP contribution in [0.5, 0.6) is 0 Å². The zero-order valence-electron chi connectivity index (χ0n) is 11.9. The molecule has 3 heterocycles. The Bertz CT molecular complexity index is 667. The lowest BCUT2D eigenvalue weighted by Crippen LogP contribution is -2.48. The van der Waals surface area contributed by atoms with Gasteiger partial charge in [0.1, 0.15) is 6.04 Å². The molecular formula is C14H16N4O3S. The molecule has 3 rings (SSSR count). The Balaban J connectivity index is 1.74. The fourth-order valence-electron chi connectivity index (χ4n) is 2.61. The smallest absolute Gasteiger partial charge is 0.326 e. The number of carboxylic acid groups (broad SMARTS) is 1. The summed E-state index contributed by atoms with van der Waals surface area (Å²) in [5.41, 5.74) is 0.199. The number of carbonyl (C=O) groups is 2. The van der Waals surface area contributed by atoms with Gasteiger partial charge in [0.2, 0.25) is 0 Å². The highest BCUT2D eigenvalue weighted by molar-refractivity contribution is 7.09. The van der Waals surface area contributed by atoms with E-state index in [9.17, 15) is 14.7 Å². The number of hydrogen-bond donors (Lipinski definition) is 1. The normalized spacial score (nSPS) is 18.4. The minimum Gasteiger partial charge on any atom is -0.480 e. The van der Waals surface area contributed by atoms with Gasteiger partial charge in [-0.15, -0.1) is 16.4 Å². The van der Waals surface area contributed by atoms with Gasteiger partial charge in [-0.1, -0.05) is 11.3 Å². The van der Waals surface area contributed by atoms with Crippen molar-refractivity contribution in [1.29, 1.82) is 0 Å². The van der Waals surface area contributed by atoms with Crippen LogP contribution < -0.4 is 0 Å². The highest BCUT2D eigenvalue weighted by atomic mass is 32.1. The highest BCUT2D eigenvalue weighted by Crippen LogP contribution is 2.19. The van der Waals surface area contributed by atoms with E-state index in [1.54, 1.807) is 22.2 Å². The monoisotopic (exact) mass is 320 g/mol. The summed E-state index contributed by atoms with van der Waals surface area (Å²) >= 11 is 1.61. The lowest BCUT2D eigenvalue weighted by Gasteiger charge is -2.32. The molecule has 1 aliphatic rings. The maximum absolute atomic E-state index is 12.5. The average Bonchev–Trinajstić information content (AvgIpc) is 3.19. The second-order valence-corrected chi connectivity index (χ2v) is 6.26. The SMILES string of the molecule is O=C(O)[C@@H]1CCCCN1C(=O)c1cn(Cc2cccs2)nn1. The lowest BCUT2D eigenvalue weighted by molar-refractivity contribution is -0.143. The van der Waals surface area contributed by atoms with Crippen LogP contribution in [0.2, 0.25) is 0 Å². The van der Waals surface area contributed by atoms with Gasteiger partial charge in [0.05, 0.1) is 12.7 Å². The van der Waals surface area contributed by atoms with Gasteiger partial charge >= 0.3 is 5.97 Å². The molecule has 0 unspecified atom stereocenters. The Morgan fingerprint density at radius 1 is 1.41 bits per heavy atom. The first-order valence-corrected chi connectivity index (χ1v) is 7.99. The number of hydrogen-bond acceptors (Lipinski definition) is 5. The number of nitrogens with zero attached hydrogens (tertiary/aromatic N) is 4. The number of aromatic nitrogens is 3. The van der Waals surface area contributed by atoms with E-state index >= 15 is 0 Å². The van der Waals surface area contributed by atoms with Crippen LogP contribution in [-0.4, -0.2) is 49.5 Å². The molecule has 116 valence electrons. The van der Waals surface area contributed by atoms with Crippen LogP contribution in [-0.2, 0) is 11.3 Å². The van der Waals surface area contributed by atoms with Crippen molar-refractivity contribution in [2.75, 3.05) is 6.54 Å². The van der Waals surface area contributed by atoms with Gasteiger partial charge in [-0.25, -0.2) is 9.48 Å². The second-order valence-electron chi connectivity index (χ2n) is 5.23. The van der Waals surface area contributed by atoms with Crippen LogP contribution in [0.15, 0.2) is 23.7 Å². The third-order valence-electron chi connectivity index (χ3n) is 3.70. The van der Waals surface area contributed by atoms with E-state index in [0.29, 0.717) is 19.5 Å². The quantitative estimate of drug-likeness (QED) is 0.921. The summed E-state index contributed by atoms with van der Waals surface area (Å²) in [6, 6.07) is 3.18. The van der Waals surface area contributed by atoms with Crippen LogP contribution in [0, 0.1) is 0 Å². The molecule has 0 saturated carbocycles. The first kappa shape index (κ1) is 14.7. The van der Waals surface area contributed by atoms with Gasteiger partial charge in [-0.05, 0) is 30.7 Å². The predicted molar refractivity (Wildman–Crippen MR) is 79.8 cm³/mol. The summed E-state index contributed by atoms with van der Waals surface area (Å²) in [7, 11) is 0. The number of piperidine rings is 1. The maximum atomic E-state index is 12.5. The molecule has 2 aromatic rings. The number of thiophene rings is 1. The molecule has 0 spiro atoms. The number of carboxylic acids is 1. The molecule has 1 N–H and O–H groups in total. The van der Waals surface area contributed by atoms with E-state index in [1.807, 2.05) is 17.5 Å². The fourth-order valence-corrected chi connectivity index (χ4v) is 3.31. The molecule has 1 aliphatic heterocycles. The molecule has 1 saturated heterocycles. The first-order valence-electron chi connectivity index (χ1n) is 7.11. The average molecular weight is 320 g/mol. The molecule has 0 bridgehead atoms. The number of rotatable bonds is 4. The summed E-state index contributed by atoms with van der Waals surface area (Å²) in [5, 5.41) is 19.1. The predicted octanol–water partition coefficient (Wildman–Crippen LogP) is 1.47. The van der Waals surface area contributed by atoms with Crippen molar-refractivity contribution in [2.45, 2.75) is 31.8 Å². The van der Waals surface area contributed by atoms with Crippen molar-refractivity contribution in [1.82, 2.24) is 19.9 Å². The first-order chi connectivity index (χ1) is 10.6. The zero-order chi connectivity index (χ0) is 15.5. The molecule has 1 amide bonds. The van der Waals surface area contributed by atoms with E-state index in [1.165, 1.54) is 4.90 Å². The standard InChI is InChI=1S/C14H16N4O3S/c19-13(18-6-2-1-5-12(18)14(20)21)11-9-17(16-15-11)8-10-4-3-7-22-10/h3-4,7,9,12H,1-2,5-6,8H2,(H,20,21)/t12-/m0/s1. The summed E-state index contributed by atoms with van der Waals surface area (Å²) in [4.78, 5) is 26.3. The van der Waals surface area contributed by atoms with E-state index in [4.69, 9.17) is 0 Å². The number of amides is 1. The molecule has 1 atom stereocenters. The molecule has 8 heteroatoms. The van der Waals surface area contributed by atoms with Crippen LogP contribution in [0.4, 0.5) is 0 Å². The summed E-state index contributed by atoms with van der Waals surface area (Å²) in [6.07, 6.45) is 3.71. The summed E-state index contributed by atoms with van der Waals surface area (Å²) < 4.78 is 1.60. The molecule has 1 fully saturated rings. The van der Waals surface area contributed by atoms with Crippen LogP contribution in [0.25, 0.3) is 0 Å². The van der Waals surface area contributed by atoms with Crippen molar-refractivity contribution >= 4 is 23.2 Å². The van der Waals surface area contributed by atoms with Crippen molar-refractivity contribution < 1.29 is 14.7 Å². The Morgan fingerprint density at radius 2 is 2.27 bits per heavy atom. The molecule has 0 aromatic carbocycles. The van der Waals surface area contributed by atoms with E-state index < -0.39 is 12.0 Å². The Morgan fingerprint density at radius 3 is 3.00 bits per heavy atom. The van der Waals surface area contributed by atoms with Crippen molar-refractivity contribution in [3.8, 4) is 0 Å². The topological polar surface area (TPSA) is 88.3 Å². The number of carbonyl (C=O) groups excluding carboxylic acids is 1. The summed E-state index contributed by atoms with van der Waals surface area (Å²) in [5.74, 6) is -1.32. The third-order valence-corrected chi connectivity index (χ3v) is 4.57. The van der Waals surface area contributed by atoms with Gasteiger partial charge in [0.25, 0.3) is 5.91 Å². The van der Waals surface area contributed by atoms with Crippen molar-refractivity contribution in [3.63, 3.8) is 0 Å². The van der Waals surface area contributed by atoms with E-state index in [0.717, 1.165) is 17.7 Å². The van der Waals surface area contributed by atoms with Gasteiger partial charge < -0.3 is 10.0 Å². The molecule has 22 heavy (non-hydrogen) atoms. The Hall–Kier alpha value is -2.22.